The summed E-state index contributed by atoms with van der Waals surface area (Å²) >= 11 is 8.58. The van der Waals surface area contributed by atoms with E-state index in [1.165, 1.54) is 0 Å². The van der Waals surface area contributed by atoms with E-state index in [4.69, 9.17) is 12.2 Å². The minimum absolute atomic E-state index is 0.727. The van der Waals surface area contributed by atoms with Crippen LogP contribution in [0.5, 0.6) is 0 Å². The lowest BCUT2D eigenvalue weighted by Crippen LogP contribution is -1.90. The van der Waals surface area contributed by atoms with E-state index in [-0.39, 0.29) is 0 Å². The van der Waals surface area contributed by atoms with Crippen LogP contribution in [0.1, 0.15) is 5.69 Å². The van der Waals surface area contributed by atoms with Crippen molar-refractivity contribution < 1.29 is 0 Å². The van der Waals surface area contributed by atoms with E-state index >= 15 is 0 Å². The SMILES string of the molecule is Cc1cn(-c2ccc(Br)cc2)c(=S)[nH]1. The van der Waals surface area contributed by atoms with Crippen molar-refractivity contribution in [3.63, 3.8) is 0 Å². The Bertz CT molecular complexity index is 496. The standard InChI is InChI=1S/C10H9BrN2S/c1-7-6-13(10(14)12-7)9-4-2-8(11)3-5-9/h2-6H,1H3,(H,12,14). The van der Waals surface area contributed by atoms with Gasteiger partial charge in [0.1, 0.15) is 0 Å². The van der Waals surface area contributed by atoms with Crippen LogP contribution in [-0.2, 0) is 0 Å². The summed E-state index contributed by atoms with van der Waals surface area (Å²) < 4.78 is 3.75. The van der Waals surface area contributed by atoms with Gasteiger partial charge in [0.25, 0.3) is 0 Å². The second kappa shape index (κ2) is 3.71. The molecule has 14 heavy (non-hydrogen) atoms. The fourth-order valence-corrected chi connectivity index (χ4v) is 1.89. The number of aromatic nitrogens is 2. The Balaban J connectivity index is 2.54. The van der Waals surface area contributed by atoms with Crippen LogP contribution in [0, 0.1) is 11.7 Å². The molecular formula is C10H9BrN2S. The minimum Gasteiger partial charge on any atom is -0.335 e. The first-order valence-corrected chi connectivity index (χ1v) is 5.41. The quantitative estimate of drug-likeness (QED) is 0.784. The van der Waals surface area contributed by atoms with Crippen molar-refractivity contribution in [2.24, 2.45) is 0 Å². The molecule has 0 aliphatic heterocycles. The summed E-state index contributed by atoms with van der Waals surface area (Å²) in [5.41, 5.74) is 2.14. The fraction of sp³-hybridized carbons (Fsp3) is 0.100. The molecule has 0 saturated carbocycles. The first kappa shape index (κ1) is 9.68. The third-order valence-corrected chi connectivity index (χ3v) is 2.78. The number of hydrogen-bond donors (Lipinski definition) is 1. The molecular weight excluding hydrogens is 260 g/mol. The monoisotopic (exact) mass is 268 g/mol. The van der Waals surface area contributed by atoms with E-state index in [0.717, 1.165) is 20.6 Å². The normalized spacial score (nSPS) is 10.4. The van der Waals surface area contributed by atoms with Crippen molar-refractivity contribution >= 4 is 28.1 Å². The molecule has 0 saturated heterocycles. The molecule has 0 spiro atoms. The van der Waals surface area contributed by atoms with Gasteiger partial charge in [-0.05, 0) is 43.4 Å². The van der Waals surface area contributed by atoms with E-state index in [0.29, 0.717) is 0 Å². The van der Waals surface area contributed by atoms with Crippen molar-refractivity contribution in [3.8, 4) is 5.69 Å². The van der Waals surface area contributed by atoms with E-state index in [2.05, 4.69) is 20.9 Å². The molecule has 1 N–H and O–H groups in total. The lowest BCUT2D eigenvalue weighted by molar-refractivity contribution is 1.03. The zero-order valence-corrected chi connectivity index (χ0v) is 10.0. The third-order valence-electron chi connectivity index (χ3n) is 1.95. The molecule has 0 unspecified atom stereocenters. The summed E-state index contributed by atoms with van der Waals surface area (Å²) in [4.78, 5) is 3.09. The largest absolute Gasteiger partial charge is 0.335 e. The minimum atomic E-state index is 0.727. The van der Waals surface area contributed by atoms with E-state index in [1.807, 2.05) is 42.0 Å². The van der Waals surface area contributed by atoms with Crippen molar-refractivity contribution in [2.75, 3.05) is 0 Å². The highest BCUT2D eigenvalue weighted by molar-refractivity contribution is 9.10. The van der Waals surface area contributed by atoms with E-state index in [9.17, 15) is 0 Å². The van der Waals surface area contributed by atoms with Gasteiger partial charge >= 0.3 is 0 Å². The number of aromatic amines is 1. The van der Waals surface area contributed by atoms with Gasteiger partial charge in [0.15, 0.2) is 4.77 Å². The lowest BCUT2D eigenvalue weighted by atomic mass is 10.3. The van der Waals surface area contributed by atoms with Gasteiger partial charge in [-0.2, -0.15) is 0 Å². The summed E-state index contributed by atoms with van der Waals surface area (Å²) in [5.74, 6) is 0. The van der Waals surface area contributed by atoms with Crippen LogP contribution >= 0.6 is 28.1 Å². The number of hydrogen-bond acceptors (Lipinski definition) is 1. The van der Waals surface area contributed by atoms with Gasteiger partial charge in [0.2, 0.25) is 0 Å². The van der Waals surface area contributed by atoms with Gasteiger partial charge in [0, 0.05) is 22.1 Å². The zero-order chi connectivity index (χ0) is 10.1. The summed E-state index contributed by atoms with van der Waals surface area (Å²) in [6.07, 6.45) is 1.99. The maximum atomic E-state index is 5.18. The molecule has 1 heterocycles. The van der Waals surface area contributed by atoms with Crippen molar-refractivity contribution in [1.82, 2.24) is 9.55 Å². The van der Waals surface area contributed by atoms with Crippen LogP contribution in [0.15, 0.2) is 34.9 Å². The molecule has 0 aliphatic rings. The summed E-state index contributed by atoms with van der Waals surface area (Å²) in [6.45, 7) is 1.99. The topological polar surface area (TPSA) is 20.7 Å². The number of benzene rings is 1. The molecule has 0 radical (unpaired) electrons. The summed E-state index contributed by atoms with van der Waals surface area (Å²) in [6, 6.07) is 8.04. The van der Waals surface area contributed by atoms with Crippen molar-refractivity contribution in [3.05, 3.63) is 45.4 Å². The number of aryl methyl sites for hydroxylation is 1. The number of rotatable bonds is 1. The van der Waals surface area contributed by atoms with Gasteiger partial charge < -0.3 is 4.98 Å². The first-order chi connectivity index (χ1) is 6.66. The number of imidazole rings is 1. The highest BCUT2D eigenvalue weighted by Crippen LogP contribution is 2.14. The molecule has 0 atom stereocenters. The molecule has 2 nitrogen and oxygen atoms in total. The molecule has 2 rings (SSSR count). The maximum absolute atomic E-state index is 5.18. The molecule has 1 aromatic heterocycles. The molecule has 4 heteroatoms. The van der Waals surface area contributed by atoms with E-state index < -0.39 is 0 Å². The Morgan fingerprint density at radius 2 is 1.93 bits per heavy atom. The Morgan fingerprint density at radius 1 is 1.29 bits per heavy atom. The first-order valence-electron chi connectivity index (χ1n) is 4.21. The lowest BCUT2D eigenvalue weighted by Gasteiger charge is -2.01. The second-order valence-corrected chi connectivity index (χ2v) is 4.39. The third kappa shape index (κ3) is 1.81. The molecule has 72 valence electrons. The zero-order valence-electron chi connectivity index (χ0n) is 7.62. The highest BCUT2D eigenvalue weighted by atomic mass is 79.9. The molecule has 1 aromatic carbocycles. The number of nitrogens with one attached hydrogen (secondary N) is 1. The van der Waals surface area contributed by atoms with Gasteiger partial charge in [0.05, 0.1) is 0 Å². The second-order valence-electron chi connectivity index (χ2n) is 3.09. The molecule has 2 aromatic rings. The number of halogens is 1. The average molecular weight is 269 g/mol. The molecule has 0 amide bonds. The van der Waals surface area contributed by atoms with Crippen LogP contribution in [0.2, 0.25) is 0 Å². The number of H-pyrrole nitrogens is 1. The Labute approximate surface area is 95.7 Å². The Hall–Kier alpha value is -0.870. The Kier molecular flexibility index (Phi) is 2.56. The molecule has 0 fully saturated rings. The maximum Gasteiger partial charge on any atom is 0.181 e. The van der Waals surface area contributed by atoms with Crippen LogP contribution in [0.4, 0.5) is 0 Å². The number of nitrogens with zero attached hydrogens (tertiary/aromatic N) is 1. The van der Waals surface area contributed by atoms with Crippen LogP contribution in [-0.4, -0.2) is 9.55 Å². The fourth-order valence-electron chi connectivity index (χ4n) is 1.31. The van der Waals surface area contributed by atoms with Gasteiger partial charge in [-0.15, -0.1) is 0 Å². The Morgan fingerprint density at radius 3 is 2.43 bits per heavy atom. The predicted octanol–water partition coefficient (Wildman–Crippen LogP) is 3.61. The van der Waals surface area contributed by atoms with E-state index in [1.54, 1.807) is 0 Å². The summed E-state index contributed by atoms with van der Waals surface area (Å²) in [5, 5.41) is 0. The smallest absolute Gasteiger partial charge is 0.181 e. The summed E-state index contributed by atoms with van der Waals surface area (Å²) in [7, 11) is 0. The van der Waals surface area contributed by atoms with Crippen molar-refractivity contribution in [2.45, 2.75) is 6.92 Å². The van der Waals surface area contributed by atoms with Crippen LogP contribution in [0.3, 0.4) is 0 Å². The van der Waals surface area contributed by atoms with Crippen LogP contribution < -0.4 is 0 Å². The van der Waals surface area contributed by atoms with Gasteiger partial charge in [-0.1, -0.05) is 15.9 Å². The molecule has 0 bridgehead atoms. The predicted molar refractivity (Wildman–Crippen MR) is 63.4 cm³/mol. The average Bonchev–Trinajstić information content (AvgIpc) is 2.47. The van der Waals surface area contributed by atoms with Gasteiger partial charge in [-0.25, -0.2) is 0 Å². The van der Waals surface area contributed by atoms with Crippen LogP contribution in [0.25, 0.3) is 5.69 Å². The van der Waals surface area contributed by atoms with Gasteiger partial charge in [-0.3, -0.25) is 4.57 Å². The molecule has 0 aliphatic carbocycles. The highest BCUT2D eigenvalue weighted by Gasteiger charge is 1.98. The van der Waals surface area contributed by atoms with Crippen molar-refractivity contribution in [1.29, 1.82) is 0 Å².